The Morgan fingerprint density at radius 1 is 1.29 bits per heavy atom. The van der Waals surface area contributed by atoms with E-state index < -0.39 is 0 Å². The summed E-state index contributed by atoms with van der Waals surface area (Å²) >= 11 is 6.09. The van der Waals surface area contributed by atoms with E-state index in [1.165, 1.54) is 5.56 Å². The van der Waals surface area contributed by atoms with Crippen LogP contribution in [0, 0.1) is 5.92 Å². The lowest BCUT2D eigenvalue weighted by Crippen LogP contribution is -2.34. The molecule has 0 bridgehead atoms. The molecule has 0 amide bonds. The molecule has 0 saturated carbocycles. The lowest BCUT2D eigenvalue weighted by Gasteiger charge is -2.26. The zero-order valence-corrected chi connectivity index (χ0v) is 14.5. The molecule has 1 unspecified atom stereocenters. The van der Waals surface area contributed by atoms with Crippen molar-refractivity contribution in [1.82, 2.24) is 10.2 Å². The molecule has 1 rings (SSSR count). The van der Waals surface area contributed by atoms with E-state index in [0.29, 0.717) is 12.0 Å². The fourth-order valence-electron chi connectivity index (χ4n) is 2.54. The molecule has 0 fully saturated rings. The van der Waals surface area contributed by atoms with Gasteiger partial charge in [-0.25, -0.2) is 0 Å². The zero-order chi connectivity index (χ0) is 15.7. The lowest BCUT2D eigenvalue weighted by atomic mass is 10.0. The highest BCUT2D eigenvalue weighted by Gasteiger charge is 2.13. The number of hydrogen-bond acceptors (Lipinski definition) is 3. The normalized spacial score (nSPS) is 13.1. The molecule has 1 N–H and O–H groups in total. The second-order valence-electron chi connectivity index (χ2n) is 5.87. The molecule has 0 radical (unpaired) electrons. The maximum absolute atomic E-state index is 6.09. The second-order valence-corrected chi connectivity index (χ2v) is 6.31. The van der Waals surface area contributed by atoms with Crippen LogP contribution in [0.4, 0.5) is 0 Å². The summed E-state index contributed by atoms with van der Waals surface area (Å²) in [5.41, 5.74) is 1.25. The van der Waals surface area contributed by atoms with Gasteiger partial charge in [-0.1, -0.05) is 37.6 Å². The topological polar surface area (TPSA) is 24.5 Å². The van der Waals surface area contributed by atoms with Crippen LogP contribution in [0.2, 0.25) is 5.02 Å². The third-order valence-electron chi connectivity index (χ3n) is 3.57. The van der Waals surface area contributed by atoms with Gasteiger partial charge in [0.2, 0.25) is 0 Å². The van der Waals surface area contributed by atoms with E-state index in [9.17, 15) is 0 Å². The fraction of sp³-hybridized carbons (Fsp3) is 0.647. The molecule has 1 atom stereocenters. The highest BCUT2D eigenvalue weighted by molar-refractivity contribution is 6.30. The average Bonchev–Trinajstić information content (AvgIpc) is 2.44. The Bertz CT molecular complexity index is 398. The number of hydrogen-bond donors (Lipinski definition) is 1. The summed E-state index contributed by atoms with van der Waals surface area (Å²) < 4.78 is 5.21. The predicted molar refractivity (Wildman–Crippen MR) is 91.0 cm³/mol. The SMILES string of the molecule is CNC(CCN(CCOC)CC(C)C)c1cccc(Cl)c1. The Morgan fingerprint density at radius 3 is 2.62 bits per heavy atom. The summed E-state index contributed by atoms with van der Waals surface area (Å²) in [5, 5.41) is 4.19. The Hall–Kier alpha value is -0.610. The number of ether oxygens (including phenoxy) is 1. The van der Waals surface area contributed by atoms with Crippen molar-refractivity contribution in [3.63, 3.8) is 0 Å². The van der Waals surface area contributed by atoms with E-state index in [4.69, 9.17) is 16.3 Å². The molecule has 0 spiro atoms. The molecule has 1 aromatic rings. The third-order valence-corrected chi connectivity index (χ3v) is 3.80. The van der Waals surface area contributed by atoms with Crippen molar-refractivity contribution in [2.75, 3.05) is 40.4 Å². The van der Waals surface area contributed by atoms with Gasteiger partial charge in [0.15, 0.2) is 0 Å². The van der Waals surface area contributed by atoms with Crippen LogP contribution in [0.5, 0.6) is 0 Å². The minimum Gasteiger partial charge on any atom is -0.383 e. The molecule has 21 heavy (non-hydrogen) atoms. The molecule has 0 aliphatic carbocycles. The Labute approximate surface area is 134 Å². The molecule has 0 aliphatic heterocycles. The summed E-state index contributed by atoms with van der Waals surface area (Å²) in [6, 6.07) is 8.45. The van der Waals surface area contributed by atoms with Crippen molar-refractivity contribution in [2.45, 2.75) is 26.3 Å². The van der Waals surface area contributed by atoms with E-state index in [1.807, 2.05) is 25.2 Å². The smallest absolute Gasteiger partial charge is 0.0589 e. The molecule has 120 valence electrons. The largest absolute Gasteiger partial charge is 0.383 e. The van der Waals surface area contributed by atoms with Gasteiger partial charge in [0.25, 0.3) is 0 Å². The van der Waals surface area contributed by atoms with Crippen LogP contribution in [0.25, 0.3) is 0 Å². The van der Waals surface area contributed by atoms with Crippen molar-refractivity contribution in [3.8, 4) is 0 Å². The first kappa shape index (κ1) is 18.4. The molecule has 1 aromatic carbocycles. The van der Waals surface area contributed by atoms with Gasteiger partial charge in [-0.05, 0) is 37.1 Å². The van der Waals surface area contributed by atoms with Crippen molar-refractivity contribution >= 4 is 11.6 Å². The quantitative estimate of drug-likeness (QED) is 0.714. The van der Waals surface area contributed by atoms with Crippen LogP contribution in [0.1, 0.15) is 31.9 Å². The van der Waals surface area contributed by atoms with Gasteiger partial charge in [-0.3, -0.25) is 0 Å². The maximum atomic E-state index is 6.09. The number of methoxy groups -OCH3 is 1. The number of halogens is 1. The average molecular weight is 313 g/mol. The highest BCUT2D eigenvalue weighted by atomic mass is 35.5. The summed E-state index contributed by atoms with van der Waals surface area (Å²) in [6.07, 6.45) is 1.06. The zero-order valence-electron chi connectivity index (χ0n) is 13.7. The van der Waals surface area contributed by atoms with Crippen LogP contribution in [-0.2, 0) is 4.74 Å². The van der Waals surface area contributed by atoms with E-state index in [-0.39, 0.29) is 0 Å². The monoisotopic (exact) mass is 312 g/mol. The standard InChI is InChI=1S/C17H29ClN2O/c1-14(2)13-20(10-11-21-4)9-8-17(19-3)15-6-5-7-16(18)12-15/h5-7,12,14,17,19H,8-11,13H2,1-4H3. The second kappa shape index (κ2) is 10.2. The van der Waals surface area contributed by atoms with Gasteiger partial charge in [-0.2, -0.15) is 0 Å². The minimum atomic E-state index is 0.334. The van der Waals surface area contributed by atoms with Crippen LogP contribution in [0.3, 0.4) is 0 Å². The van der Waals surface area contributed by atoms with E-state index in [0.717, 1.165) is 37.7 Å². The first-order chi connectivity index (χ1) is 10.1. The summed E-state index contributed by atoms with van der Waals surface area (Å²) in [5.74, 6) is 0.668. The Morgan fingerprint density at radius 2 is 2.05 bits per heavy atom. The van der Waals surface area contributed by atoms with Gasteiger partial charge in [0, 0.05) is 37.8 Å². The first-order valence-corrected chi connectivity index (χ1v) is 8.08. The Balaban J connectivity index is 2.58. The molecular weight excluding hydrogens is 284 g/mol. The fourth-order valence-corrected chi connectivity index (χ4v) is 2.74. The van der Waals surface area contributed by atoms with E-state index >= 15 is 0 Å². The highest BCUT2D eigenvalue weighted by Crippen LogP contribution is 2.20. The van der Waals surface area contributed by atoms with Gasteiger partial charge < -0.3 is 15.0 Å². The summed E-state index contributed by atoms with van der Waals surface area (Å²) in [7, 11) is 3.77. The third kappa shape index (κ3) is 7.28. The number of benzene rings is 1. The van der Waals surface area contributed by atoms with Crippen molar-refractivity contribution < 1.29 is 4.74 Å². The number of nitrogens with zero attached hydrogens (tertiary/aromatic N) is 1. The Kier molecular flexibility index (Phi) is 8.93. The first-order valence-electron chi connectivity index (χ1n) is 7.70. The summed E-state index contributed by atoms with van der Waals surface area (Å²) in [4.78, 5) is 2.48. The lowest BCUT2D eigenvalue weighted by molar-refractivity contribution is 0.137. The molecule has 4 heteroatoms. The molecule has 3 nitrogen and oxygen atoms in total. The van der Waals surface area contributed by atoms with Crippen LogP contribution >= 0.6 is 11.6 Å². The van der Waals surface area contributed by atoms with E-state index in [1.54, 1.807) is 7.11 Å². The van der Waals surface area contributed by atoms with Crippen molar-refractivity contribution in [3.05, 3.63) is 34.9 Å². The van der Waals surface area contributed by atoms with Gasteiger partial charge >= 0.3 is 0 Å². The van der Waals surface area contributed by atoms with Gasteiger partial charge in [0.1, 0.15) is 0 Å². The van der Waals surface area contributed by atoms with Crippen LogP contribution in [-0.4, -0.2) is 45.3 Å². The van der Waals surface area contributed by atoms with Gasteiger partial charge in [0.05, 0.1) is 6.61 Å². The molecule has 0 heterocycles. The molecule has 0 aliphatic rings. The summed E-state index contributed by atoms with van der Waals surface area (Å²) in [6.45, 7) is 8.45. The minimum absolute atomic E-state index is 0.334. The van der Waals surface area contributed by atoms with Crippen LogP contribution in [0.15, 0.2) is 24.3 Å². The molecular formula is C17H29ClN2O. The van der Waals surface area contributed by atoms with Crippen LogP contribution < -0.4 is 5.32 Å². The van der Waals surface area contributed by atoms with E-state index in [2.05, 4.69) is 30.1 Å². The van der Waals surface area contributed by atoms with Gasteiger partial charge in [-0.15, -0.1) is 0 Å². The molecule has 0 saturated heterocycles. The molecule has 0 aromatic heterocycles. The number of rotatable bonds is 10. The van der Waals surface area contributed by atoms with Crippen molar-refractivity contribution in [2.24, 2.45) is 5.92 Å². The van der Waals surface area contributed by atoms with Crippen molar-refractivity contribution in [1.29, 1.82) is 0 Å². The number of nitrogens with one attached hydrogen (secondary N) is 1. The maximum Gasteiger partial charge on any atom is 0.0589 e. The predicted octanol–water partition coefficient (Wildman–Crippen LogP) is 3.60.